The van der Waals surface area contributed by atoms with Crippen LogP contribution in [-0.4, -0.2) is 33.8 Å². The second-order valence-electron chi connectivity index (χ2n) is 5.79. The molecule has 124 valence electrons. The molecule has 1 saturated heterocycles. The first-order valence-electron chi connectivity index (χ1n) is 7.72. The third kappa shape index (κ3) is 3.81. The van der Waals surface area contributed by atoms with Crippen molar-refractivity contribution >= 4 is 39.1 Å². The van der Waals surface area contributed by atoms with Gasteiger partial charge in [-0.15, -0.1) is 11.3 Å². The van der Waals surface area contributed by atoms with E-state index in [0.717, 1.165) is 40.4 Å². The third-order valence-corrected chi connectivity index (χ3v) is 5.94. The van der Waals surface area contributed by atoms with E-state index >= 15 is 0 Å². The number of nitrogens with zero attached hydrogens (tertiary/aromatic N) is 3. The summed E-state index contributed by atoms with van der Waals surface area (Å²) in [7, 11) is 1.82. The summed E-state index contributed by atoms with van der Waals surface area (Å²) in [5, 5.41) is 10.7. The average molecular weight is 398 g/mol. The molecule has 3 heterocycles. The minimum Gasteiger partial charge on any atom is -0.317 e. The van der Waals surface area contributed by atoms with Gasteiger partial charge in [-0.2, -0.15) is 10.1 Å². The van der Waals surface area contributed by atoms with Gasteiger partial charge in [0.25, 0.3) is 0 Å². The fourth-order valence-electron chi connectivity index (χ4n) is 2.67. The van der Waals surface area contributed by atoms with Gasteiger partial charge < -0.3 is 5.32 Å². The molecule has 1 amide bonds. The fourth-order valence-corrected chi connectivity index (χ4v) is 4.15. The Hall–Kier alpha value is -1.25. The third-order valence-electron chi connectivity index (χ3n) is 4.13. The van der Waals surface area contributed by atoms with Gasteiger partial charge in [0.2, 0.25) is 11.9 Å². The number of nitrogens with one attached hydrogen (secondary N) is 2. The van der Waals surface area contributed by atoms with E-state index in [0.29, 0.717) is 11.9 Å². The number of rotatable bonds is 4. The first-order valence-corrected chi connectivity index (χ1v) is 9.33. The number of piperidine rings is 1. The molecular weight excluding hydrogens is 378 g/mol. The molecule has 0 radical (unpaired) electrons. The van der Waals surface area contributed by atoms with Crippen molar-refractivity contribution in [1.29, 1.82) is 0 Å². The van der Waals surface area contributed by atoms with Crippen molar-refractivity contribution in [2.24, 2.45) is 7.05 Å². The first-order chi connectivity index (χ1) is 11.0. The number of hydrogen-bond acceptors (Lipinski definition) is 5. The topological polar surface area (TPSA) is 71.8 Å². The smallest absolute Gasteiger partial charge is 0.234 e. The molecule has 1 atom stereocenters. The molecule has 3 rings (SSSR count). The molecule has 23 heavy (non-hydrogen) atoms. The molecule has 1 aliphatic heterocycles. The molecule has 2 N–H and O–H groups in total. The Bertz CT molecular complexity index is 692. The van der Waals surface area contributed by atoms with Crippen molar-refractivity contribution in [1.82, 2.24) is 20.1 Å². The van der Waals surface area contributed by atoms with Crippen molar-refractivity contribution in [3.63, 3.8) is 0 Å². The van der Waals surface area contributed by atoms with E-state index in [1.54, 1.807) is 16.0 Å². The molecule has 2 aromatic rings. The normalized spacial score (nSPS) is 17.2. The summed E-state index contributed by atoms with van der Waals surface area (Å²) in [6, 6.07) is 3.93. The number of aromatic nitrogens is 3. The molecule has 1 unspecified atom stereocenters. The van der Waals surface area contributed by atoms with Gasteiger partial charge in [-0.1, -0.05) is 0 Å². The maximum absolute atomic E-state index is 12.4. The van der Waals surface area contributed by atoms with Crippen molar-refractivity contribution in [2.75, 3.05) is 18.4 Å². The van der Waals surface area contributed by atoms with Gasteiger partial charge in [0.1, 0.15) is 0 Å². The summed E-state index contributed by atoms with van der Waals surface area (Å²) >= 11 is 5.00. The van der Waals surface area contributed by atoms with E-state index in [1.807, 2.05) is 26.1 Å². The quantitative estimate of drug-likeness (QED) is 0.831. The molecule has 2 aromatic heterocycles. The van der Waals surface area contributed by atoms with Crippen LogP contribution in [0.5, 0.6) is 0 Å². The zero-order valence-corrected chi connectivity index (χ0v) is 15.6. The van der Waals surface area contributed by atoms with Crippen molar-refractivity contribution < 1.29 is 4.79 Å². The van der Waals surface area contributed by atoms with Crippen LogP contribution in [-0.2, 0) is 11.8 Å². The van der Waals surface area contributed by atoms with Gasteiger partial charge >= 0.3 is 0 Å². The molecule has 1 aliphatic rings. The van der Waals surface area contributed by atoms with Crippen LogP contribution in [0.3, 0.4) is 0 Å². The Morgan fingerprint density at radius 3 is 2.87 bits per heavy atom. The second-order valence-corrected chi connectivity index (χ2v) is 8.29. The second kappa shape index (κ2) is 7.11. The lowest BCUT2D eigenvalue weighted by Gasteiger charge is -2.19. The number of carbonyl (C=O) groups is 1. The summed E-state index contributed by atoms with van der Waals surface area (Å²) in [6.45, 7) is 3.89. The lowest BCUT2D eigenvalue weighted by molar-refractivity contribution is -0.117. The Morgan fingerprint density at radius 2 is 2.22 bits per heavy atom. The summed E-state index contributed by atoms with van der Waals surface area (Å²) in [5.41, 5.74) is 0. The van der Waals surface area contributed by atoms with Gasteiger partial charge in [0.15, 0.2) is 5.82 Å². The number of hydrogen-bond donors (Lipinski definition) is 2. The molecule has 0 saturated carbocycles. The lowest BCUT2D eigenvalue weighted by Crippen LogP contribution is -2.27. The van der Waals surface area contributed by atoms with Crippen LogP contribution in [0.1, 0.15) is 42.3 Å². The Morgan fingerprint density at radius 1 is 1.48 bits per heavy atom. The largest absolute Gasteiger partial charge is 0.317 e. The van der Waals surface area contributed by atoms with Crippen molar-refractivity contribution in [3.05, 3.63) is 26.6 Å². The summed E-state index contributed by atoms with van der Waals surface area (Å²) in [4.78, 5) is 18.0. The molecule has 0 aliphatic carbocycles. The Kier molecular flexibility index (Phi) is 5.13. The zero-order valence-electron chi connectivity index (χ0n) is 13.2. The molecule has 1 fully saturated rings. The number of amides is 1. The number of anilines is 1. The van der Waals surface area contributed by atoms with Crippen LogP contribution in [0.2, 0.25) is 0 Å². The summed E-state index contributed by atoms with van der Waals surface area (Å²) < 4.78 is 2.69. The van der Waals surface area contributed by atoms with Gasteiger partial charge in [0.05, 0.1) is 9.70 Å². The highest BCUT2D eigenvalue weighted by molar-refractivity contribution is 9.11. The van der Waals surface area contributed by atoms with Gasteiger partial charge in [-0.3, -0.25) is 10.1 Å². The Balaban J connectivity index is 1.69. The number of aryl methyl sites for hydroxylation is 1. The van der Waals surface area contributed by atoms with E-state index in [2.05, 4.69) is 36.6 Å². The molecule has 0 bridgehead atoms. The van der Waals surface area contributed by atoms with Gasteiger partial charge in [-0.25, -0.2) is 4.68 Å². The lowest BCUT2D eigenvalue weighted by atomic mass is 9.98. The van der Waals surface area contributed by atoms with Crippen LogP contribution >= 0.6 is 27.3 Å². The first kappa shape index (κ1) is 16.6. The van der Waals surface area contributed by atoms with E-state index in [9.17, 15) is 4.79 Å². The SMILES string of the molecule is CC(C(=O)Nc1nc(C2CCNCC2)nn1C)c1ccc(Br)s1. The van der Waals surface area contributed by atoms with E-state index in [-0.39, 0.29) is 11.8 Å². The van der Waals surface area contributed by atoms with Crippen molar-refractivity contribution in [3.8, 4) is 0 Å². The standard InChI is InChI=1S/C15H20BrN5OS/c1-9(11-3-4-12(16)23-11)14(22)19-15-18-13(20-21(15)2)10-5-7-17-8-6-10/h3-4,9-10,17H,5-8H2,1-2H3,(H,18,19,20,22). The highest BCUT2D eigenvalue weighted by atomic mass is 79.9. The van der Waals surface area contributed by atoms with Gasteiger partial charge in [-0.05, 0) is 60.9 Å². The van der Waals surface area contributed by atoms with Crippen molar-refractivity contribution in [2.45, 2.75) is 31.6 Å². The minimum atomic E-state index is -0.217. The van der Waals surface area contributed by atoms with Crippen LogP contribution in [0.15, 0.2) is 15.9 Å². The minimum absolute atomic E-state index is 0.0632. The highest BCUT2D eigenvalue weighted by Crippen LogP contribution is 2.29. The van der Waals surface area contributed by atoms with Crippen LogP contribution in [0.25, 0.3) is 0 Å². The van der Waals surface area contributed by atoms with Crippen LogP contribution in [0.4, 0.5) is 5.95 Å². The average Bonchev–Trinajstić information content (AvgIpc) is 3.14. The van der Waals surface area contributed by atoms with E-state index in [4.69, 9.17) is 0 Å². The molecule has 0 aromatic carbocycles. The summed E-state index contributed by atoms with van der Waals surface area (Å²) in [5.74, 6) is 1.44. The predicted molar refractivity (Wildman–Crippen MR) is 94.9 cm³/mol. The number of thiophene rings is 1. The van der Waals surface area contributed by atoms with Crippen LogP contribution < -0.4 is 10.6 Å². The van der Waals surface area contributed by atoms with E-state index in [1.165, 1.54) is 0 Å². The molecule has 6 nitrogen and oxygen atoms in total. The molecular formula is C15H20BrN5OS. The molecule has 8 heteroatoms. The molecule has 0 spiro atoms. The monoisotopic (exact) mass is 397 g/mol. The maximum Gasteiger partial charge on any atom is 0.234 e. The number of carbonyl (C=O) groups excluding carboxylic acids is 1. The summed E-state index contributed by atoms with van der Waals surface area (Å²) in [6.07, 6.45) is 2.08. The Labute approximate surface area is 147 Å². The van der Waals surface area contributed by atoms with Crippen LogP contribution in [0, 0.1) is 0 Å². The van der Waals surface area contributed by atoms with Gasteiger partial charge in [0, 0.05) is 17.8 Å². The predicted octanol–water partition coefficient (Wildman–Crippen LogP) is 2.85. The van der Waals surface area contributed by atoms with E-state index < -0.39 is 0 Å². The highest BCUT2D eigenvalue weighted by Gasteiger charge is 2.23. The maximum atomic E-state index is 12.4. The zero-order chi connectivity index (χ0) is 16.4. The fraction of sp³-hybridized carbons (Fsp3) is 0.533. The number of halogens is 1.